The lowest BCUT2D eigenvalue weighted by Gasteiger charge is -2.13. The van der Waals surface area contributed by atoms with Gasteiger partial charge in [-0.3, -0.25) is 0 Å². The maximum absolute atomic E-state index is 11.6. The summed E-state index contributed by atoms with van der Waals surface area (Å²) in [6, 6.07) is 1.77. The lowest BCUT2D eigenvalue weighted by atomic mass is 10.2. The largest absolute Gasteiger partial charge is 0.387 e. The molecule has 0 aliphatic carbocycles. The number of hydrogen-bond acceptors (Lipinski definition) is 4. The van der Waals surface area contributed by atoms with Gasteiger partial charge in [0.25, 0.3) is 0 Å². The fourth-order valence-electron chi connectivity index (χ4n) is 1.27. The standard InChI is InChI=1S/C10H16ClNO3S2/c1-8(4-11)7-17(14,15)12-5-10(13)9-2-3-16-6-9/h2-3,6,8,10,12-13H,4-5,7H2,1H3. The average Bonchev–Trinajstić information content (AvgIpc) is 2.78. The summed E-state index contributed by atoms with van der Waals surface area (Å²) in [6.07, 6.45) is -0.803. The van der Waals surface area contributed by atoms with Gasteiger partial charge in [0.2, 0.25) is 10.0 Å². The van der Waals surface area contributed by atoms with Crippen LogP contribution in [0.15, 0.2) is 16.8 Å². The first kappa shape index (κ1) is 14.9. The number of rotatable bonds is 7. The van der Waals surface area contributed by atoms with Gasteiger partial charge in [-0.1, -0.05) is 6.92 Å². The zero-order chi connectivity index (χ0) is 12.9. The molecule has 1 rings (SSSR count). The van der Waals surface area contributed by atoms with Crippen LogP contribution in [0.25, 0.3) is 0 Å². The normalized spacial score (nSPS) is 15.7. The first-order valence-electron chi connectivity index (χ1n) is 5.18. The Labute approximate surface area is 111 Å². The molecule has 0 fully saturated rings. The molecule has 17 heavy (non-hydrogen) atoms. The summed E-state index contributed by atoms with van der Waals surface area (Å²) in [7, 11) is -3.37. The lowest BCUT2D eigenvalue weighted by Crippen LogP contribution is -2.32. The molecule has 4 nitrogen and oxygen atoms in total. The van der Waals surface area contributed by atoms with Crippen LogP contribution in [0.4, 0.5) is 0 Å². The highest BCUT2D eigenvalue weighted by atomic mass is 35.5. The molecule has 7 heteroatoms. The van der Waals surface area contributed by atoms with E-state index in [1.54, 1.807) is 18.4 Å². The highest BCUT2D eigenvalue weighted by Crippen LogP contribution is 2.15. The van der Waals surface area contributed by atoms with Crippen molar-refractivity contribution in [2.24, 2.45) is 5.92 Å². The van der Waals surface area contributed by atoms with Crippen molar-refractivity contribution in [3.8, 4) is 0 Å². The molecule has 0 saturated carbocycles. The summed E-state index contributed by atoms with van der Waals surface area (Å²) in [5, 5.41) is 13.3. The van der Waals surface area contributed by atoms with E-state index in [0.29, 0.717) is 5.88 Å². The van der Waals surface area contributed by atoms with Crippen molar-refractivity contribution in [3.05, 3.63) is 22.4 Å². The highest BCUT2D eigenvalue weighted by molar-refractivity contribution is 7.89. The van der Waals surface area contributed by atoms with E-state index in [1.807, 2.05) is 5.38 Å². The number of sulfonamides is 1. The van der Waals surface area contributed by atoms with Gasteiger partial charge in [0.1, 0.15) is 0 Å². The molecule has 98 valence electrons. The predicted molar refractivity (Wildman–Crippen MR) is 71.0 cm³/mol. The van der Waals surface area contributed by atoms with Gasteiger partial charge in [-0.15, -0.1) is 11.6 Å². The molecule has 2 atom stereocenters. The molecular weight excluding hydrogens is 282 g/mol. The number of nitrogens with one attached hydrogen (secondary N) is 1. The van der Waals surface area contributed by atoms with Crippen LogP contribution in [0, 0.1) is 5.92 Å². The summed E-state index contributed by atoms with van der Waals surface area (Å²) in [5.41, 5.74) is 0.725. The first-order valence-corrected chi connectivity index (χ1v) is 8.31. The van der Waals surface area contributed by atoms with E-state index in [-0.39, 0.29) is 18.2 Å². The number of aliphatic hydroxyl groups excluding tert-OH is 1. The van der Waals surface area contributed by atoms with Crippen LogP contribution in [0.1, 0.15) is 18.6 Å². The Morgan fingerprint density at radius 2 is 2.29 bits per heavy atom. The van der Waals surface area contributed by atoms with Crippen LogP contribution in [0.2, 0.25) is 0 Å². The number of halogens is 1. The van der Waals surface area contributed by atoms with Crippen molar-refractivity contribution in [1.82, 2.24) is 4.72 Å². The quantitative estimate of drug-likeness (QED) is 0.751. The summed E-state index contributed by atoms with van der Waals surface area (Å²) in [5.74, 6) is 0.174. The molecule has 1 aromatic heterocycles. The van der Waals surface area contributed by atoms with Crippen molar-refractivity contribution in [3.63, 3.8) is 0 Å². The van der Waals surface area contributed by atoms with Gasteiger partial charge in [-0.25, -0.2) is 13.1 Å². The van der Waals surface area contributed by atoms with Crippen LogP contribution in [-0.4, -0.2) is 31.7 Å². The number of aliphatic hydroxyl groups is 1. The Morgan fingerprint density at radius 3 is 2.82 bits per heavy atom. The summed E-state index contributed by atoms with van der Waals surface area (Å²) in [6.45, 7) is 1.76. The second-order valence-electron chi connectivity index (χ2n) is 3.96. The molecule has 0 radical (unpaired) electrons. The van der Waals surface area contributed by atoms with E-state index in [2.05, 4.69) is 4.72 Å². The van der Waals surface area contributed by atoms with Crippen LogP contribution in [0.3, 0.4) is 0 Å². The molecule has 0 bridgehead atoms. The summed E-state index contributed by atoms with van der Waals surface area (Å²) in [4.78, 5) is 0. The van der Waals surface area contributed by atoms with E-state index in [4.69, 9.17) is 11.6 Å². The second-order valence-corrected chi connectivity index (χ2v) is 6.90. The topological polar surface area (TPSA) is 66.4 Å². The average molecular weight is 298 g/mol. The number of alkyl halides is 1. The third-order valence-corrected chi connectivity index (χ3v) is 5.03. The lowest BCUT2D eigenvalue weighted by molar-refractivity contribution is 0.182. The molecule has 2 N–H and O–H groups in total. The van der Waals surface area contributed by atoms with Crippen LogP contribution < -0.4 is 4.72 Å². The molecule has 0 aliphatic rings. The van der Waals surface area contributed by atoms with Gasteiger partial charge in [-0.05, 0) is 28.3 Å². The van der Waals surface area contributed by atoms with E-state index < -0.39 is 16.1 Å². The van der Waals surface area contributed by atoms with E-state index in [9.17, 15) is 13.5 Å². The monoisotopic (exact) mass is 297 g/mol. The Balaban J connectivity index is 2.45. The molecule has 0 aromatic carbocycles. The molecule has 0 aliphatic heterocycles. The van der Waals surface area contributed by atoms with Crippen molar-refractivity contribution in [1.29, 1.82) is 0 Å². The van der Waals surface area contributed by atoms with Gasteiger partial charge in [-0.2, -0.15) is 11.3 Å². The second kappa shape index (κ2) is 6.70. The zero-order valence-corrected chi connectivity index (χ0v) is 11.9. The Kier molecular flexibility index (Phi) is 5.88. The summed E-state index contributed by atoms with van der Waals surface area (Å²) < 4.78 is 25.6. The van der Waals surface area contributed by atoms with Crippen LogP contribution in [0.5, 0.6) is 0 Å². The number of hydrogen-bond donors (Lipinski definition) is 2. The third-order valence-electron chi connectivity index (χ3n) is 2.19. The first-order chi connectivity index (χ1) is 7.94. The molecule has 0 amide bonds. The molecule has 0 spiro atoms. The minimum atomic E-state index is -3.37. The fourth-order valence-corrected chi connectivity index (χ4v) is 3.61. The van der Waals surface area contributed by atoms with Gasteiger partial charge < -0.3 is 5.11 Å². The van der Waals surface area contributed by atoms with E-state index >= 15 is 0 Å². The van der Waals surface area contributed by atoms with Gasteiger partial charge >= 0.3 is 0 Å². The molecular formula is C10H16ClNO3S2. The molecule has 1 aromatic rings. The molecule has 1 heterocycles. The van der Waals surface area contributed by atoms with Crippen molar-refractivity contribution >= 4 is 33.0 Å². The molecule has 0 saturated heterocycles. The van der Waals surface area contributed by atoms with Crippen molar-refractivity contribution in [2.75, 3.05) is 18.2 Å². The number of thiophene rings is 1. The SMILES string of the molecule is CC(CCl)CS(=O)(=O)NCC(O)c1ccsc1. The maximum atomic E-state index is 11.6. The maximum Gasteiger partial charge on any atom is 0.211 e. The zero-order valence-electron chi connectivity index (χ0n) is 9.47. The highest BCUT2D eigenvalue weighted by Gasteiger charge is 2.17. The fraction of sp³-hybridized carbons (Fsp3) is 0.600. The van der Waals surface area contributed by atoms with Gasteiger partial charge in [0, 0.05) is 12.4 Å². The minimum Gasteiger partial charge on any atom is -0.387 e. The Morgan fingerprint density at radius 1 is 1.59 bits per heavy atom. The van der Waals surface area contributed by atoms with Crippen molar-refractivity contribution < 1.29 is 13.5 Å². The van der Waals surface area contributed by atoms with E-state index in [1.165, 1.54) is 11.3 Å². The predicted octanol–water partition coefficient (Wildman–Crippen LogP) is 1.58. The Bertz CT molecular complexity index is 419. The smallest absolute Gasteiger partial charge is 0.211 e. The third kappa shape index (κ3) is 5.35. The van der Waals surface area contributed by atoms with Crippen LogP contribution in [-0.2, 0) is 10.0 Å². The Hall–Kier alpha value is -0.140. The van der Waals surface area contributed by atoms with E-state index in [0.717, 1.165) is 5.56 Å². The van der Waals surface area contributed by atoms with Gasteiger partial charge in [0.05, 0.1) is 11.9 Å². The van der Waals surface area contributed by atoms with Crippen LogP contribution >= 0.6 is 22.9 Å². The van der Waals surface area contributed by atoms with Gasteiger partial charge in [0.15, 0.2) is 0 Å². The summed E-state index contributed by atoms with van der Waals surface area (Å²) >= 11 is 7.02. The molecule has 2 unspecified atom stereocenters. The van der Waals surface area contributed by atoms with Crippen molar-refractivity contribution in [2.45, 2.75) is 13.0 Å². The minimum absolute atomic E-state index is 0.00588.